The first-order chi connectivity index (χ1) is 7.34. The number of ether oxygens (including phenoxy) is 2. The molecule has 1 saturated heterocycles. The number of hydrogen-bond acceptors (Lipinski definition) is 2. The van der Waals surface area contributed by atoms with Crippen molar-refractivity contribution in [2.75, 3.05) is 13.7 Å². The fourth-order valence-corrected chi connectivity index (χ4v) is 0.263. The number of methoxy groups -OCH3 is 1. The molecule has 0 aromatic carbocycles. The van der Waals surface area contributed by atoms with Crippen LogP contribution in [0, 0.1) is 0 Å². The molecule has 1 heterocycles. The van der Waals surface area contributed by atoms with E-state index in [-0.39, 0.29) is 0 Å². The van der Waals surface area contributed by atoms with E-state index in [1.54, 1.807) is 7.11 Å². The third-order valence-corrected chi connectivity index (χ3v) is 1.92. The average Bonchev–Trinajstić information content (AvgIpc) is 3.01. The van der Waals surface area contributed by atoms with E-state index < -0.39 is 12.8 Å². The summed E-state index contributed by atoms with van der Waals surface area (Å²) < 4.78 is 9.61. The Labute approximate surface area is 107 Å². The fourth-order valence-electron chi connectivity index (χ4n) is 0.263. The molecule has 2 atom stereocenters. The lowest BCUT2D eigenvalue weighted by Crippen LogP contribution is -2.38. The average molecular weight is 211 g/mol. The molecule has 8 heteroatoms. The van der Waals surface area contributed by atoms with Crippen LogP contribution in [0.3, 0.4) is 0 Å². The van der Waals surface area contributed by atoms with Gasteiger partial charge in [0.05, 0.1) is 18.8 Å². The molecule has 0 saturated carbocycles. The second-order valence-electron chi connectivity index (χ2n) is 3.75. The lowest BCUT2D eigenvalue weighted by molar-refractivity contribution is 0.115. The molecule has 1 rings (SSSR count). The Balaban J connectivity index is 0. The van der Waals surface area contributed by atoms with Gasteiger partial charge in [-0.05, 0) is 20.3 Å². The van der Waals surface area contributed by atoms with Crippen LogP contribution in [-0.2, 0) is 9.47 Å². The Morgan fingerprint density at radius 1 is 1.31 bits per heavy atom. The van der Waals surface area contributed by atoms with Crippen LogP contribution < -0.4 is 0 Å². The highest BCUT2D eigenvalue weighted by atomic mass is 16.6. The smallest absolute Gasteiger partial charge is 0.0781 e. The minimum Gasteiger partial charge on any atom is -0.382 e. The first kappa shape index (κ1) is 18.7. The second kappa shape index (κ2) is 11.8. The van der Waals surface area contributed by atoms with Crippen LogP contribution in [0.2, 0.25) is 0 Å². The van der Waals surface area contributed by atoms with Crippen molar-refractivity contribution in [3.8, 4) is 0 Å². The molecule has 0 aliphatic carbocycles. The lowest BCUT2D eigenvalue weighted by atomic mass is 8.81. The van der Waals surface area contributed by atoms with Crippen molar-refractivity contribution < 1.29 is 9.47 Å². The van der Waals surface area contributed by atoms with Gasteiger partial charge >= 0.3 is 0 Å². The highest BCUT2D eigenvalue weighted by Gasteiger charge is 2.13. The van der Waals surface area contributed by atoms with Crippen molar-refractivity contribution in [2.24, 2.45) is 0 Å². The fraction of sp³-hybridized carbons (Fsp3) is 1.00. The van der Waals surface area contributed by atoms with Crippen molar-refractivity contribution in [3.63, 3.8) is 0 Å². The van der Waals surface area contributed by atoms with Crippen molar-refractivity contribution >= 4 is 43.7 Å². The summed E-state index contributed by atoms with van der Waals surface area (Å²) >= 11 is 0. The maximum atomic E-state index is 4.96. The Morgan fingerprint density at radius 2 is 1.62 bits per heavy atom. The van der Waals surface area contributed by atoms with Crippen LogP contribution >= 0.6 is 0 Å². The quantitative estimate of drug-likeness (QED) is 0.466. The van der Waals surface area contributed by atoms with Crippen molar-refractivity contribution in [1.82, 2.24) is 0 Å². The minimum atomic E-state index is -0.593. The molecule has 0 bridgehead atoms. The first-order valence-electron chi connectivity index (χ1n) is 5.51. The summed E-state index contributed by atoms with van der Waals surface area (Å²) in [6.07, 6.45) is 0.941. The van der Waals surface area contributed by atoms with E-state index in [0.717, 1.165) is 13.0 Å². The third-order valence-electron chi connectivity index (χ3n) is 1.92. The lowest BCUT2D eigenvalue weighted by Gasteiger charge is -2.01. The molecule has 0 amide bonds. The molecule has 2 nitrogen and oxygen atoms in total. The van der Waals surface area contributed by atoms with Gasteiger partial charge in [0.1, 0.15) is 0 Å². The van der Waals surface area contributed by atoms with E-state index in [9.17, 15) is 0 Å². The van der Waals surface area contributed by atoms with E-state index in [0.29, 0.717) is 12.2 Å². The van der Waals surface area contributed by atoms with Gasteiger partial charge in [-0.2, -0.15) is 0 Å². The Kier molecular flexibility index (Phi) is 13.8. The normalized spacial score (nSPS) is 18.1. The highest BCUT2D eigenvalue weighted by molar-refractivity contribution is 7.76. The standard InChI is InChI=1S/C5H12O.C3H6O.B6/c1-4-5(2)6-3;1-3-2-4-3;1-5(2)6(3)4/h5H,4H2,1-3H3;3H,2H2,1H3;. The molecule has 0 N–H and O–H groups in total. The zero-order chi connectivity index (χ0) is 13.1. The molecule has 0 aromatic rings. The van der Waals surface area contributed by atoms with Gasteiger partial charge in [-0.15, -0.1) is 0 Å². The Hall–Kier alpha value is 0.310. The molecule has 1 fully saturated rings. The predicted molar refractivity (Wildman–Crippen MR) is 76.7 cm³/mol. The van der Waals surface area contributed by atoms with E-state index in [1.807, 2.05) is 0 Å². The van der Waals surface area contributed by atoms with Gasteiger partial charge in [-0.3, -0.25) is 0 Å². The van der Waals surface area contributed by atoms with Gasteiger partial charge < -0.3 is 9.47 Å². The van der Waals surface area contributed by atoms with E-state index in [1.165, 1.54) is 0 Å². The number of epoxide rings is 1. The molecule has 80 valence electrons. The van der Waals surface area contributed by atoms with Crippen molar-refractivity contribution in [3.05, 3.63) is 0 Å². The minimum absolute atomic E-state index is 0.435. The van der Waals surface area contributed by atoms with Gasteiger partial charge in [-0.25, -0.2) is 0 Å². The largest absolute Gasteiger partial charge is 0.382 e. The monoisotopic (exact) mass is 212 g/mol. The molecule has 1 aliphatic heterocycles. The van der Waals surface area contributed by atoms with Crippen LogP contribution in [0.15, 0.2) is 0 Å². The zero-order valence-corrected chi connectivity index (χ0v) is 10.8. The molecule has 0 aromatic heterocycles. The summed E-state index contributed by atoms with van der Waals surface area (Å²) in [5, 5.41) is 0. The maximum absolute atomic E-state index is 4.96. The molecule has 0 spiro atoms. The molecule has 8 radical (unpaired) electrons. The van der Waals surface area contributed by atoms with E-state index in [4.69, 9.17) is 40.4 Å². The number of rotatable bonds is 3. The van der Waals surface area contributed by atoms with Crippen LogP contribution in [0.4, 0.5) is 0 Å². The van der Waals surface area contributed by atoms with Gasteiger partial charge in [-0.1, -0.05) is 6.92 Å². The summed E-state index contributed by atoms with van der Waals surface area (Å²) in [6.45, 7) is 7.20. The van der Waals surface area contributed by atoms with Crippen LogP contribution in [-0.4, -0.2) is 69.6 Å². The third kappa shape index (κ3) is 19.8. The molecular weight excluding hydrogens is 193 g/mol. The van der Waals surface area contributed by atoms with Gasteiger partial charge in [0.25, 0.3) is 0 Å². The maximum Gasteiger partial charge on any atom is 0.0781 e. The molecule has 2 unspecified atom stereocenters. The van der Waals surface area contributed by atoms with Crippen LogP contribution in [0.25, 0.3) is 0 Å². The molecule has 16 heavy (non-hydrogen) atoms. The van der Waals surface area contributed by atoms with Crippen LogP contribution in [0.5, 0.6) is 0 Å². The van der Waals surface area contributed by atoms with E-state index in [2.05, 4.69) is 20.8 Å². The molecule has 1 aliphatic rings. The Bertz CT molecular complexity index is 132. The van der Waals surface area contributed by atoms with Crippen LogP contribution in [0.1, 0.15) is 27.2 Å². The first-order valence-corrected chi connectivity index (χ1v) is 5.51. The van der Waals surface area contributed by atoms with Crippen molar-refractivity contribution in [2.45, 2.75) is 39.4 Å². The number of hydrogen-bond donors (Lipinski definition) is 0. The SMILES string of the molecule is CC1CO1.CCC(C)OC.[B]B([B])B([B])[B]. The summed E-state index contributed by atoms with van der Waals surface area (Å²) in [5.41, 5.74) is 0. The summed E-state index contributed by atoms with van der Waals surface area (Å²) in [4.78, 5) is 0. The summed E-state index contributed by atoms with van der Waals surface area (Å²) in [5.74, 6) is 0. The second-order valence-corrected chi connectivity index (χ2v) is 3.75. The predicted octanol–water partition coefficient (Wildman–Crippen LogP) is -0.448. The van der Waals surface area contributed by atoms with E-state index >= 15 is 0 Å². The summed E-state index contributed by atoms with van der Waals surface area (Å²) in [6, 6.07) is 0. The summed E-state index contributed by atoms with van der Waals surface area (Å²) in [7, 11) is 21.6. The molecular formula is C8H18B6O2. The Morgan fingerprint density at radius 3 is 1.62 bits per heavy atom. The zero-order valence-electron chi connectivity index (χ0n) is 10.8. The van der Waals surface area contributed by atoms with Gasteiger partial charge in [0, 0.05) is 50.8 Å². The topological polar surface area (TPSA) is 21.8 Å². The van der Waals surface area contributed by atoms with Crippen molar-refractivity contribution in [1.29, 1.82) is 0 Å². The van der Waals surface area contributed by atoms with Gasteiger partial charge in [0.15, 0.2) is 0 Å². The highest BCUT2D eigenvalue weighted by Crippen LogP contribution is 2.04. The van der Waals surface area contributed by atoms with Gasteiger partial charge in [0.2, 0.25) is 0 Å².